The van der Waals surface area contributed by atoms with Gasteiger partial charge in [-0.3, -0.25) is 9.69 Å². The number of nitrogens with one attached hydrogen (secondary N) is 1. The zero-order valence-electron chi connectivity index (χ0n) is 12.2. The van der Waals surface area contributed by atoms with Crippen LogP contribution in [0, 0.1) is 0 Å². The largest absolute Gasteiger partial charge is 0.494 e. The molecule has 0 aromatic heterocycles. The summed E-state index contributed by atoms with van der Waals surface area (Å²) in [6.45, 7) is 4.20. The third-order valence-corrected chi connectivity index (χ3v) is 3.67. The van der Waals surface area contributed by atoms with Crippen LogP contribution in [0.25, 0.3) is 0 Å². The average Bonchev–Trinajstić information content (AvgIpc) is 2.89. The van der Waals surface area contributed by atoms with E-state index in [1.54, 1.807) is 7.05 Å². The van der Waals surface area contributed by atoms with Gasteiger partial charge in [0.2, 0.25) is 5.91 Å². The highest BCUT2D eigenvalue weighted by Gasteiger charge is 2.30. The van der Waals surface area contributed by atoms with Crippen molar-refractivity contribution in [2.24, 2.45) is 0 Å². The van der Waals surface area contributed by atoms with Crippen LogP contribution in [-0.4, -0.2) is 37.0 Å². The number of nitrogens with two attached hydrogens (primary N) is 1. The Kier molecular flexibility index (Phi) is 4.84. The van der Waals surface area contributed by atoms with E-state index in [1.807, 2.05) is 25.1 Å². The van der Waals surface area contributed by atoms with Gasteiger partial charge in [-0.2, -0.15) is 0 Å². The number of carbonyl (C=O) groups excluding carboxylic acids is 1. The summed E-state index contributed by atoms with van der Waals surface area (Å²) in [6.07, 6.45) is 1.95. The van der Waals surface area contributed by atoms with E-state index in [0.29, 0.717) is 13.2 Å². The normalized spacial score (nSPS) is 19.0. The lowest BCUT2D eigenvalue weighted by molar-refractivity contribution is -0.125. The second kappa shape index (κ2) is 6.61. The summed E-state index contributed by atoms with van der Waals surface area (Å²) in [7, 11) is 1.69. The van der Waals surface area contributed by atoms with Crippen molar-refractivity contribution in [1.29, 1.82) is 0 Å². The summed E-state index contributed by atoms with van der Waals surface area (Å²) < 4.78 is 5.64. The Hall–Kier alpha value is -1.75. The molecule has 1 heterocycles. The van der Waals surface area contributed by atoms with E-state index in [-0.39, 0.29) is 11.9 Å². The fourth-order valence-electron chi connectivity index (χ4n) is 2.72. The number of nitrogen functional groups attached to an aromatic ring is 1. The Labute approximate surface area is 120 Å². The first-order valence-electron chi connectivity index (χ1n) is 7.12. The molecular formula is C15H23N3O2. The van der Waals surface area contributed by atoms with Crippen molar-refractivity contribution in [3.63, 3.8) is 0 Å². The van der Waals surface area contributed by atoms with Crippen LogP contribution in [0.2, 0.25) is 0 Å². The van der Waals surface area contributed by atoms with Crippen LogP contribution >= 0.6 is 0 Å². The second-order valence-electron chi connectivity index (χ2n) is 5.04. The van der Waals surface area contributed by atoms with Crippen molar-refractivity contribution in [3.8, 4) is 5.75 Å². The molecule has 1 saturated heterocycles. The molecule has 2 rings (SSSR count). The smallest absolute Gasteiger partial charge is 0.237 e. The van der Waals surface area contributed by atoms with E-state index in [0.717, 1.165) is 36.4 Å². The fourth-order valence-corrected chi connectivity index (χ4v) is 2.72. The van der Waals surface area contributed by atoms with Gasteiger partial charge in [0.15, 0.2) is 0 Å². The van der Waals surface area contributed by atoms with Crippen molar-refractivity contribution in [3.05, 3.63) is 23.8 Å². The van der Waals surface area contributed by atoms with Gasteiger partial charge in [0.1, 0.15) is 5.75 Å². The molecule has 1 fully saturated rings. The predicted octanol–water partition coefficient (Wildman–Crippen LogP) is 1.38. The highest BCUT2D eigenvalue weighted by Crippen LogP contribution is 2.27. The Balaban J connectivity index is 2.16. The van der Waals surface area contributed by atoms with E-state index >= 15 is 0 Å². The maximum atomic E-state index is 11.9. The Bertz CT molecular complexity index is 476. The number of carbonyl (C=O) groups is 1. The molecule has 1 amide bonds. The molecule has 5 nitrogen and oxygen atoms in total. The number of amides is 1. The number of likely N-dealkylation sites (tertiary alicyclic amines) is 1. The molecular weight excluding hydrogens is 254 g/mol. The summed E-state index contributed by atoms with van der Waals surface area (Å²) in [4.78, 5) is 14.1. The summed E-state index contributed by atoms with van der Waals surface area (Å²) in [5.41, 5.74) is 7.63. The number of benzene rings is 1. The summed E-state index contributed by atoms with van der Waals surface area (Å²) in [6, 6.07) is 5.63. The van der Waals surface area contributed by atoms with Crippen LogP contribution in [0.5, 0.6) is 5.75 Å². The number of rotatable bonds is 5. The van der Waals surface area contributed by atoms with Crippen molar-refractivity contribution < 1.29 is 9.53 Å². The number of ether oxygens (including phenoxy) is 1. The predicted molar refractivity (Wildman–Crippen MR) is 79.5 cm³/mol. The van der Waals surface area contributed by atoms with E-state index in [1.165, 1.54) is 0 Å². The molecule has 0 spiro atoms. The minimum Gasteiger partial charge on any atom is -0.494 e. The first-order chi connectivity index (χ1) is 9.65. The van der Waals surface area contributed by atoms with Gasteiger partial charge >= 0.3 is 0 Å². The number of hydrogen-bond donors (Lipinski definition) is 2. The fraction of sp³-hybridized carbons (Fsp3) is 0.533. The Morgan fingerprint density at radius 2 is 2.35 bits per heavy atom. The number of nitrogens with zero attached hydrogens (tertiary/aromatic N) is 1. The number of hydrogen-bond acceptors (Lipinski definition) is 4. The molecule has 0 aliphatic carbocycles. The third-order valence-electron chi connectivity index (χ3n) is 3.67. The second-order valence-corrected chi connectivity index (χ2v) is 5.04. The van der Waals surface area contributed by atoms with Gasteiger partial charge < -0.3 is 15.8 Å². The number of likely N-dealkylation sites (N-methyl/N-ethyl adjacent to an activating group) is 1. The summed E-state index contributed by atoms with van der Waals surface area (Å²) in [5.74, 6) is 0.939. The van der Waals surface area contributed by atoms with Gasteiger partial charge in [-0.15, -0.1) is 0 Å². The lowest BCUT2D eigenvalue weighted by Gasteiger charge is -2.24. The summed E-state index contributed by atoms with van der Waals surface area (Å²) in [5, 5.41) is 2.74. The highest BCUT2D eigenvalue weighted by molar-refractivity contribution is 5.81. The minimum absolute atomic E-state index is 0.0455. The maximum absolute atomic E-state index is 11.9. The van der Waals surface area contributed by atoms with E-state index in [9.17, 15) is 4.79 Å². The molecule has 1 unspecified atom stereocenters. The molecule has 5 heteroatoms. The molecule has 1 aromatic rings. The maximum Gasteiger partial charge on any atom is 0.237 e. The Morgan fingerprint density at radius 3 is 3.05 bits per heavy atom. The summed E-state index contributed by atoms with van der Waals surface area (Å²) >= 11 is 0. The van der Waals surface area contributed by atoms with Crippen molar-refractivity contribution in [1.82, 2.24) is 10.2 Å². The van der Waals surface area contributed by atoms with Crippen molar-refractivity contribution in [2.75, 3.05) is 25.9 Å². The standard InChI is InChI=1S/C15H23N3O2/c1-3-20-14-7-6-12(16)9-11(14)10-18-8-4-5-13(18)15(19)17-2/h6-7,9,13H,3-5,8,10,16H2,1-2H3,(H,17,19). The van der Waals surface area contributed by atoms with Gasteiger partial charge in [0.05, 0.1) is 12.6 Å². The van der Waals surface area contributed by atoms with E-state index < -0.39 is 0 Å². The monoisotopic (exact) mass is 277 g/mol. The molecule has 1 aliphatic rings. The zero-order chi connectivity index (χ0) is 14.5. The molecule has 20 heavy (non-hydrogen) atoms. The Morgan fingerprint density at radius 1 is 1.55 bits per heavy atom. The van der Waals surface area contributed by atoms with Crippen LogP contribution in [0.4, 0.5) is 5.69 Å². The zero-order valence-corrected chi connectivity index (χ0v) is 12.2. The average molecular weight is 277 g/mol. The van der Waals surface area contributed by atoms with Gasteiger partial charge in [0.25, 0.3) is 0 Å². The van der Waals surface area contributed by atoms with Crippen LogP contribution in [0.3, 0.4) is 0 Å². The first kappa shape index (κ1) is 14.7. The first-order valence-corrected chi connectivity index (χ1v) is 7.12. The van der Waals surface area contributed by atoms with Crippen molar-refractivity contribution in [2.45, 2.75) is 32.4 Å². The molecule has 0 bridgehead atoms. The van der Waals surface area contributed by atoms with Crippen molar-refractivity contribution >= 4 is 11.6 Å². The molecule has 0 saturated carbocycles. The van der Waals surface area contributed by atoms with Gasteiger partial charge in [0, 0.05) is 24.8 Å². The molecule has 1 aliphatic heterocycles. The quantitative estimate of drug-likeness (QED) is 0.798. The van der Waals surface area contributed by atoms with Crippen LogP contribution < -0.4 is 15.8 Å². The van der Waals surface area contributed by atoms with E-state index in [4.69, 9.17) is 10.5 Å². The molecule has 1 aromatic carbocycles. The molecule has 0 radical (unpaired) electrons. The molecule has 3 N–H and O–H groups in total. The van der Waals surface area contributed by atoms with Crippen LogP contribution in [0.15, 0.2) is 18.2 Å². The molecule has 1 atom stereocenters. The van der Waals surface area contributed by atoms with Gasteiger partial charge in [-0.05, 0) is 44.5 Å². The van der Waals surface area contributed by atoms with Gasteiger partial charge in [-0.1, -0.05) is 0 Å². The van der Waals surface area contributed by atoms with E-state index in [2.05, 4.69) is 10.2 Å². The SMILES string of the molecule is CCOc1ccc(N)cc1CN1CCCC1C(=O)NC. The lowest BCUT2D eigenvalue weighted by atomic mass is 10.1. The lowest BCUT2D eigenvalue weighted by Crippen LogP contribution is -2.41. The van der Waals surface area contributed by atoms with Crippen LogP contribution in [-0.2, 0) is 11.3 Å². The van der Waals surface area contributed by atoms with Crippen LogP contribution in [0.1, 0.15) is 25.3 Å². The van der Waals surface area contributed by atoms with Gasteiger partial charge in [-0.25, -0.2) is 0 Å². The topological polar surface area (TPSA) is 67.6 Å². The molecule has 110 valence electrons. The minimum atomic E-state index is -0.0455. The highest BCUT2D eigenvalue weighted by atomic mass is 16.5. The number of anilines is 1. The third kappa shape index (κ3) is 3.22.